The lowest BCUT2D eigenvalue weighted by Gasteiger charge is -2.57. The minimum Gasteiger partial charge on any atom is -0.469 e. The van der Waals surface area contributed by atoms with E-state index in [4.69, 9.17) is 9.47 Å². The Bertz CT molecular complexity index is 766. The maximum Gasteiger partial charge on any atom is 0.309 e. The maximum atomic E-state index is 13.4. The number of likely N-dealkylation sites (tertiary alicyclic amines) is 1. The number of Topliss-reactive ketones (excluding diaryl/α,β-unsaturated/α-hetero) is 2. The van der Waals surface area contributed by atoms with Crippen molar-refractivity contribution in [3.63, 3.8) is 0 Å². The maximum absolute atomic E-state index is 13.4. The Morgan fingerprint density at radius 3 is 2.83 bits per heavy atom. The molecule has 6 nitrogen and oxygen atoms in total. The topological polar surface area (TPSA) is 72.9 Å². The van der Waals surface area contributed by atoms with E-state index in [9.17, 15) is 14.4 Å². The summed E-state index contributed by atoms with van der Waals surface area (Å²) in [5.74, 6) is 0.385. The van der Waals surface area contributed by atoms with Crippen LogP contribution in [0, 0.1) is 34.5 Å². The smallest absolute Gasteiger partial charge is 0.309 e. The quantitative estimate of drug-likeness (QED) is 0.656. The zero-order valence-electron chi connectivity index (χ0n) is 17.9. The molecule has 5 aliphatic rings. The van der Waals surface area contributed by atoms with Crippen molar-refractivity contribution in [3.05, 3.63) is 0 Å². The Kier molecular flexibility index (Phi) is 4.32. The highest BCUT2D eigenvalue weighted by Gasteiger charge is 2.84. The van der Waals surface area contributed by atoms with Crippen LogP contribution in [-0.2, 0) is 23.9 Å². The zero-order chi connectivity index (χ0) is 20.6. The number of rotatable bonds is 5. The first-order valence-electron chi connectivity index (χ1n) is 11.3. The number of carbonyl (C=O) groups is 3. The zero-order valence-corrected chi connectivity index (χ0v) is 17.9. The van der Waals surface area contributed by atoms with Gasteiger partial charge < -0.3 is 14.4 Å². The normalized spacial score (nSPS) is 47.8. The minimum absolute atomic E-state index is 0.0536. The molecule has 1 unspecified atom stereocenters. The molecule has 160 valence electrons. The second kappa shape index (κ2) is 6.36. The molecule has 2 heterocycles. The van der Waals surface area contributed by atoms with Gasteiger partial charge in [0.25, 0.3) is 0 Å². The van der Waals surface area contributed by atoms with Crippen molar-refractivity contribution in [3.8, 4) is 0 Å². The molecule has 0 aromatic rings. The van der Waals surface area contributed by atoms with Crippen LogP contribution in [0.3, 0.4) is 0 Å². The number of nitrogens with zero attached hydrogens (tertiary/aromatic N) is 1. The van der Waals surface area contributed by atoms with Gasteiger partial charge in [0.15, 0.2) is 0 Å². The molecule has 0 aromatic carbocycles. The highest BCUT2D eigenvalue weighted by molar-refractivity contribution is 5.86. The Morgan fingerprint density at radius 1 is 1.31 bits per heavy atom. The fourth-order valence-electron chi connectivity index (χ4n) is 8.65. The molecule has 3 saturated carbocycles. The van der Waals surface area contributed by atoms with Crippen molar-refractivity contribution in [2.24, 2.45) is 34.5 Å². The predicted molar refractivity (Wildman–Crippen MR) is 105 cm³/mol. The van der Waals surface area contributed by atoms with Crippen LogP contribution in [0.5, 0.6) is 0 Å². The van der Waals surface area contributed by atoms with E-state index in [0.29, 0.717) is 31.7 Å². The summed E-state index contributed by atoms with van der Waals surface area (Å²) in [5, 5.41) is 0. The number of ketones is 2. The van der Waals surface area contributed by atoms with E-state index in [0.717, 1.165) is 38.8 Å². The van der Waals surface area contributed by atoms with Gasteiger partial charge in [-0.25, -0.2) is 0 Å². The lowest BCUT2D eigenvalue weighted by molar-refractivity contribution is -0.152. The lowest BCUT2D eigenvalue weighted by Crippen LogP contribution is -2.63. The van der Waals surface area contributed by atoms with Crippen molar-refractivity contribution in [1.82, 2.24) is 4.90 Å². The Hall–Kier alpha value is -1.27. The fourth-order valence-corrected chi connectivity index (χ4v) is 8.65. The van der Waals surface area contributed by atoms with Crippen LogP contribution in [0.15, 0.2) is 0 Å². The van der Waals surface area contributed by atoms with Crippen molar-refractivity contribution < 1.29 is 23.9 Å². The molecule has 29 heavy (non-hydrogen) atoms. The second-order valence-electron chi connectivity index (χ2n) is 10.3. The van der Waals surface area contributed by atoms with Gasteiger partial charge >= 0.3 is 5.97 Å². The number of methoxy groups -OCH3 is 1. The first-order chi connectivity index (χ1) is 13.8. The van der Waals surface area contributed by atoms with Crippen molar-refractivity contribution in [1.29, 1.82) is 0 Å². The molecule has 6 heteroatoms. The average Bonchev–Trinajstić information content (AvgIpc) is 3.28. The van der Waals surface area contributed by atoms with Gasteiger partial charge in [0, 0.05) is 55.0 Å². The summed E-state index contributed by atoms with van der Waals surface area (Å²) in [6, 6.07) is 0. The SMILES string of the molecule is CCC(=O)CCC12CO[C@]34[C@@H]5CC[C@H]3[C@H](C(=O)OC)C[C@]14CN(C)C[C@H]2CC5=O. The standard InChI is InChI=1S/C23H33NO5/c1-4-15(25)7-8-21-13-29-23-17-5-6-18(23)19(26)9-14(21)11-24(2)12-22(21,23)10-16(17)20(27)28-3/h14,16-18H,4-13H2,1-3H3/t14-,16-,17+,18-,21?,22+,23+/m1/s1. The molecule has 2 saturated heterocycles. The molecule has 5 rings (SSSR count). The summed E-state index contributed by atoms with van der Waals surface area (Å²) in [6.07, 6.45) is 4.88. The van der Waals surface area contributed by atoms with Gasteiger partial charge in [0.2, 0.25) is 0 Å². The Balaban J connectivity index is 1.68. The number of hydrogen-bond donors (Lipinski definition) is 0. The molecule has 0 radical (unpaired) electrons. The largest absolute Gasteiger partial charge is 0.469 e. The van der Waals surface area contributed by atoms with Crippen molar-refractivity contribution >= 4 is 17.5 Å². The van der Waals surface area contributed by atoms with Gasteiger partial charge in [-0.3, -0.25) is 14.4 Å². The van der Waals surface area contributed by atoms with E-state index < -0.39 is 5.60 Å². The lowest BCUT2D eigenvalue weighted by atomic mass is 9.50. The first-order valence-corrected chi connectivity index (χ1v) is 11.3. The molecule has 7 atom stereocenters. The summed E-state index contributed by atoms with van der Waals surface area (Å²) < 4.78 is 12.0. The molecule has 2 spiro atoms. The van der Waals surface area contributed by atoms with E-state index in [1.807, 2.05) is 6.92 Å². The van der Waals surface area contributed by atoms with Gasteiger partial charge in [0.1, 0.15) is 11.6 Å². The molecule has 0 amide bonds. The number of hydrogen-bond acceptors (Lipinski definition) is 6. The Morgan fingerprint density at radius 2 is 2.10 bits per heavy atom. The monoisotopic (exact) mass is 403 g/mol. The third-order valence-electron chi connectivity index (χ3n) is 9.60. The molecule has 0 aromatic heterocycles. The molecule has 5 fully saturated rings. The van der Waals surface area contributed by atoms with Gasteiger partial charge in [0.05, 0.1) is 25.2 Å². The molecule has 3 aliphatic carbocycles. The van der Waals surface area contributed by atoms with E-state index in [2.05, 4.69) is 11.9 Å². The van der Waals surface area contributed by atoms with Gasteiger partial charge in [-0.2, -0.15) is 0 Å². The van der Waals surface area contributed by atoms with E-state index >= 15 is 0 Å². The van der Waals surface area contributed by atoms with Crippen molar-refractivity contribution in [2.75, 3.05) is 33.9 Å². The summed E-state index contributed by atoms with van der Waals surface area (Å²) in [6.45, 7) is 4.27. The summed E-state index contributed by atoms with van der Waals surface area (Å²) in [7, 11) is 3.60. The molecular weight excluding hydrogens is 370 g/mol. The van der Waals surface area contributed by atoms with Gasteiger partial charge in [-0.1, -0.05) is 6.92 Å². The van der Waals surface area contributed by atoms with Crippen LogP contribution in [0.4, 0.5) is 0 Å². The van der Waals surface area contributed by atoms with Crippen molar-refractivity contribution in [2.45, 2.75) is 57.5 Å². The van der Waals surface area contributed by atoms with E-state index in [1.165, 1.54) is 7.11 Å². The van der Waals surface area contributed by atoms with Gasteiger partial charge in [-0.05, 0) is 38.6 Å². The predicted octanol–water partition coefficient (Wildman–Crippen LogP) is 2.24. The van der Waals surface area contributed by atoms with Crippen LogP contribution >= 0.6 is 0 Å². The summed E-state index contributed by atoms with van der Waals surface area (Å²) >= 11 is 0. The molecule has 2 aliphatic heterocycles. The average molecular weight is 404 g/mol. The molecule has 0 N–H and O–H groups in total. The molecule has 4 bridgehead atoms. The van der Waals surface area contributed by atoms with Gasteiger partial charge in [-0.15, -0.1) is 0 Å². The number of ether oxygens (including phenoxy) is 2. The Labute approximate surface area is 172 Å². The number of esters is 1. The van der Waals surface area contributed by atoms with Crippen LogP contribution in [-0.4, -0.2) is 61.9 Å². The third-order valence-corrected chi connectivity index (χ3v) is 9.60. The third kappa shape index (κ3) is 2.17. The van der Waals surface area contributed by atoms with Crippen LogP contribution in [0.25, 0.3) is 0 Å². The minimum atomic E-state index is -0.554. The second-order valence-corrected chi connectivity index (χ2v) is 10.3. The van der Waals surface area contributed by atoms with Crippen LogP contribution < -0.4 is 0 Å². The van der Waals surface area contributed by atoms with Crippen LogP contribution in [0.2, 0.25) is 0 Å². The number of piperidine rings is 1. The van der Waals surface area contributed by atoms with E-state index in [-0.39, 0.29) is 46.3 Å². The van der Waals surface area contributed by atoms with E-state index in [1.54, 1.807) is 0 Å². The summed E-state index contributed by atoms with van der Waals surface area (Å²) in [5.41, 5.74) is -0.996. The number of carbonyl (C=O) groups excluding carboxylic acids is 3. The highest BCUT2D eigenvalue weighted by atomic mass is 16.5. The van der Waals surface area contributed by atoms with Crippen LogP contribution in [0.1, 0.15) is 51.9 Å². The molecular formula is C23H33NO5. The highest BCUT2D eigenvalue weighted by Crippen LogP contribution is 2.78. The fraction of sp³-hybridized carbons (Fsp3) is 0.870. The summed E-state index contributed by atoms with van der Waals surface area (Å²) in [4.78, 5) is 40.9. The first kappa shape index (κ1) is 19.7.